The third kappa shape index (κ3) is 3.67. The van der Waals surface area contributed by atoms with Gasteiger partial charge in [0.05, 0.1) is 4.92 Å². The van der Waals surface area contributed by atoms with Gasteiger partial charge in [-0.15, -0.1) is 0 Å². The fraction of sp³-hybridized carbons (Fsp3) is 0.615. The number of nitrogens with one attached hydrogen (secondary N) is 1. The normalized spacial score (nSPS) is 18.2. The molecule has 0 amide bonds. The van der Waals surface area contributed by atoms with E-state index in [2.05, 4.69) is 33.2 Å². The topological polar surface area (TPSA) is 71.3 Å². The zero-order chi connectivity index (χ0) is 14.5. The molecular weight excluding hydrogens is 324 g/mol. The predicted octanol–water partition coefficient (Wildman–Crippen LogP) is 2.72. The molecule has 1 unspecified atom stereocenters. The van der Waals surface area contributed by atoms with Crippen LogP contribution in [0.2, 0.25) is 0 Å². The minimum absolute atomic E-state index is 0.0609. The maximum atomic E-state index is 11.2. The Hall–Kier alpha value is -1.21. The van der Waals surface area contributed by atoms with Crippen molar-refractivity contribution in [1.82, 2.24) is 10.3 Å². The highest BCUT2D eigenvalue weighted by atomic mass is 79.9. The Labute approximate surface area is 126 Å². The molecule has 1 saturated heterocycles. The zero-order valence-electron chi connectivity index (χ0n) is 11.5. The number of hydrogen-bond donors (Lipinski definition) is 1. The maximum absolute atomic E-state index is 11.2. The average molecular weight is 343 g/mol. The molecule has 1 aromatic rings. The first kappa shape index (κ1) is 15.2. The lowest BCUT2D eigenvalue weighted by molar-refractivity contribution is -0.384. The average Bonchev–Trinajstić information content (AvgIpc) is 2.91. The summed E-state index contributed by atoms with van der Waals surface area (Å²) < 4.78 is 0.628. The van der Waals surface area contributed by atoms with E-state index in [1.165, 1.54) is 12.5 Å². The van der Waals surface area contributed by atoms with Crippen LogP contribution in [-0.2, 0) is 0 Å². The highest BCUT2D eigenvalue weighted by Gasteiger charge is 2.24. The van der Waals surface area contributed by atoms with Crippen LogP contribution in [0.25, 0.3) is 0 Å². The van der Waals surface area contributed by atoms with Gasteiger partial charge in [-0.3, -0.25) is 10.1 Å². The molecule has 1 aliphatic rings. The SMILES string of the molecule is CCCN(CC1CCCN1)c1ncc(Br)cc1[N+](=O)[O-]. The molecule has 1 aromatic heterocycles. The number of nitrogens with zero attached hydrogens (tertiary/aromatic N) is 3. The van der Waals surface area contributed by atoms with E-state index in [-0.39, 0.29) is 10.6 Å². The smallest absolute Gasteiger partial charge is 0.312 e. The Balaban J connectivity index is 2.25. The summed E-state index contributed by atoms with van der Waals surface area (Å²) in [6.45, 7) is 4.64. The fourth-order valence-electron chi connectivity index (χ4n) is 2.53. The number of rotatable bonds is 6. The van der Waals surface area contributed by atoms with Gasteiger partial charge in [-0.25, -0.2) is 4.98 Å². The Morgan fingerprint density at radius 2 is 2.45 bits per heavy atom. The van der Waals surface area contributed by atoms with E-state index in [9.17, 15) is 10.1 Å². The summed E-state index contributed by atoms with van der Waals surface area (Å²) in [7, 11) is 0. The lowest BCUT2D eigenvalue weighted by Gasteiger charge is -2.26. The van der Waals surface area contributed by atoms with Gasteiger partial charge in [0.2, 0.25) is 5.82 Å². The monoisotopic (exact) mass is 342 g/mol. The molecular formula is C13H19BrN4O2. The number of hydrogen-bond acceptors (Lipinski definition) is 5. The van der Waals surface area contributed by atoms with Gasteiger partial charge in [-0.1, -0.05) is 6.92 Å². The third-order valence-corrected chi connectivity index (χ3v) is 3.84. The molecule has 0 spiro atoms. The van der Waals surface area contributed by atoms with Crippen molar-refractivity contribution < 1.29 is 4.92 Å². The standard InChI is InChI=1S/C13H19BrN4O2/c1-2-6-17(9-11-4-3-5-15-11)13-12(18(19)20)7-10(14)8-16-13/h7-8,11,15H,2-6,9H2,1H3. The van der Waals surface area contributed by atoms with E-state index < -0.39 is 0 Å². The van der Waals surface area contributed by atoms with Gasteiger partial charge in [-0.05, 0) is 41.7 Å². The molecule has 6 nitrogen and oxygen atoms in total. The van der Waals surface area contributed by atoms with E-state index >= 15 is 0 Å². The maximum Gasteiger partial charge on any atom is 0.312 e. The van der Waals surface area contributed by atoms with Crippen molar-refractivity contribution in [1.29, 1.82) is 0 Å². The first-order chi connectivity index (χ1) is 9.61. The van der Waals surface area contributed by atoms with E-state index in [1.54, 1.807) is 6.20 Å². The van der Waals surface area contributed by atoms with Crippen molar-refractivity contribution in [3.63, 3.8) is 0 Å². The van der Waals surface area contributed by atoms with Crippen LogP contribution in [0.3, 0.4) is 0 Å². The molecule has 0 radical (unpaired) electrons. The molecule has 7 heteroatoms. The highest BCUT2D eigenvalue weighted by molar-refractivity contribution is 9.10. The molecule has 20 heavy (non-hydrogen) atoms. The van der Waals surface area contributed by atoms with Gasteiger partial charge in [0.15, 0.2) is 0 Å². The molecule has 0 aromatic carbocycles. The molecule has 1 fully saturated rings. The second-order valence-electron chi connectivity index (χ2n) is 4.99. The van der Waals surface area contributed by atoms with E-state index in [1.807, 2.05) is 4.90 Å². The molecule has 1 aliphatic heterocycles. The third-order valence-electron chi connectivity index (χ3n) is 3.41. The van der Waals surface area contributed by atoms with Crippen LogP contribution in [0.5, 0.6) is 0 Å². The Bertz CT molecular complexity index is 477. The van der Waals surface area contributed by atoms with Crippen LogP contribution in [0.1, 0.15) is 26.2 Å². The minimum Gasteiger partial charge on any atom is -0.349 e. The summed E-state index contributed by atoms with van der Waals surface area (Å²) in [4.78, 5) is 17.2. The molecule has 1 N–H and O–H groups in total. The van der Waals surface area contributed by atoms with Crippen LogP contribution in [0.4, 0.5) is 11.5 Å². The molecule has 1 atom stereocenters. The Morgan fingerprint density at radius 1 is 1.65 bits per heavy atom. The lowest BCUT2D eigenvalue weighted by Crippen LogP contribution is -2.38. The molecule has 110 valence electrons. The number of nitro groups is 1. The largest absolute Gasteiger partial charge is 0.349 e. The van der Waals surface area contributed by atoms with E-state index in [0.29, 0.717) is 16.3 Å². The van der Waals surface area contributed by atoms with Crippen molar-refractivity contribution >= 4 is 27.4 Å². The number of pyridine rings is 1. The van der Waals surface area contributed by atoms with Gasteiger partial charge in [0, 0.05) is 35.9 Å². The van der Waals surface area contributed by atoms with Gasteiger partial charge in [0.25, 0.3) is 0 Å². The van der Waals surface area contributed by atoms with Gasteiger partial charge in [0.1, 0.15) is 0 Å². The molecule has 0 bridgehead atoms. The van der Waals surface area contributed by atoms with Crippen LogP contribution in [0.15, 0.2) is 16.7 Å². The lowest BCUT2D eigenvalue weighted by atomic mass is 10.2. The molecule has 2 rings (SSSR count). The van der Waals surface area contributed by atoms with Crippen LogP contribution >= 0.6 is 15.9 Å². The van der Waals surface area contributed by atoms with Gasteiger partial charge in [-0.2, -0.15) is 0 Å². The van der Waals surface area contributed by atoms with E-state index in [0.717, 1.165) is 32.5 Å². The van der Waals surface area contributed by atoms with Crippen LogP contribution < -0.4 is 10.2 Å². The van der Waals surface area contributed by atoms with Crippen molar-refractivity contribution in [2.75, 3.05) is 24.5 Å². The highest BCUT2D eigenvalue weighted by Crippen LogP contribution is 2.29. The summed E-state index contributed by atoms with van der Waals surface area (Å²) in [5.41, 5.74) is 0.0609. The predicted molar refractivity (Wildman–Crippen MR) is 82.1 cm³/mol. The first-order valence-electron chi connectivity index (χ1n) is 6.90. The quantitative estimate of drug-likeness (QED) is 0.635. The number of aromatic nitrogens is 1. The first-order valence-corrected chi connectivity index (χ1v) is 7.69. The summed E-state index contributed by atoms with van der Waals surface area (Å²) in [6, 6.07) is 1.92. The summed E-state index contributed by atoms with van der Waals surface area (Å²) in [5.74, 6) is 0.466. The summed E-state index contributed by atoms with van der Waals surface area (Å²) >= 11 is 3.24. The van der Waals surface area contributed by atoms with Crippen molar-refractivity contribution in [3.05, 3.63) is 26.9 Å². The zero-order valence-corrected chi connectivity index (χ0v) is 13.1. The summed E-state index contributed by atoms with van der Waals surface area (Å²) in [6.07, 6.45) is 4.83. The number of halogens is 1. The second-order valence-corrected chi connectivity index (χ2v) is 5.91. The van der Waals surface area contributed by atoms with Gasteiger partial charge >= 0.3 is 5.69 Å². The molecule has 0 aliphatic carbocycles. The summed E-state index contributed by atoms with van der Waals surface area (Å²) in [5, 5.41) is 14.6. The molecule has 0 saturated carbocycles. The van der Waals surface area contributed by atoms with Gasteiger partial charge < -0.3 is 10.2 Å². The van der Waals surface area contributed by atoms with Crippen LogP contribution in [0, 0.1) is 10.1 Å². The van der Waals surface area contributed by atoms with E-state index in [4.69, 9.17) is 0 Å². The number of anilines is 1. The van der Waals surface area contributed by atoms with Crippen molar-refractivity contribution in [2.45, 2.75) is 32.2 Å². The van der Waals surface area contributed by atoms with Crippen molar-refractivity contribution in [3.8, 4) is 0 Å². The van der Waals surface area contributed by atoms with Crippen LogP contribution in [-0.4, -0.2) is 35.6 Å². The van der Waals surface area contributed by atoms with Crippen molar-refractivity contribution in [2.24, 2.45) is 0 Å². The molecule has 2 heterocycles. The fourth-order valence-corrected chi connectivity index (χ4v) is 2.85. The Morgan fingerprint density at radius 3 is 3.05 bits per heavy atom. The second kappa shape index (κ2) is 6.99. The Kier molecular flexibility index (Phi) is 5.31. The minimum atomic E-state index is -0.363.